The smallest absolute Gasteiger partial charge is 0.405 e. The number of aliphatic imine (C=N–C) groups is 1. The van der Waals surface area contributed by atoms with Crippen molar-refractivity contribution in [2.75, 3.05) is 18.4 Å². The summed E-state index contributed by atoms with van der Waals surface area (Å²) in [6.07, 6.45) is -4.43. The second-order valence-electron chi connectivity index (χ2n) is 6.77. The highest BCUT2D eigenvalue weighted by Gasteiger charge is 2.32. The molecule has 2 aromatic carbocycles. The van der Waals surface area contributed by atoms with Gasteiger partial charge in [-0.1, -0.05) is 36.4 Å². The minimum atomic E-state index is -4.77. The number of hydrogen-bond acceptors (Lipinski definition) is 3. The van der Waals surface area contributed by atoms with Gasteiger partial charge in [0.1, 0.15) is 5.75 Å². The Hall–Kier alpha value is -3.23. The molecule has 0 bridgehead atoms. The van der Waals surface area contributed by atoms with E-state index in [4.69, 9.17) is 0 Å². The van der Waals surface area contributed by atoms with Crippen LogP contribution in [0, 0.1) is 0 Å². The fraction of sp³-hybridized carbons (Fsp3) is 0.333. The second-order valence-corrected chi connectivity index (χ2v) is 6.77. The fourth-order valence-electron chi connectivity index (χ4n) is 3.27. The van der Waals surface area contributed by atoms with E-state index in [0.717, 1.165) is 11.3 Å². The molecule has 0 radical (unpaired) electrons. The van der Waals surface area contributed by atoms with E-state index in [1.165, 1.54) is 18.2 Å². The van der Waals surface area contributed by atoms with Crippen LogP contribution in [0.25, 0.3) is 0 Å². The number of para-hydroxylation sites is 2. The zero-order chi connectivity index (χ0) is 21.6. The molecule has 1 heterocycles. The molecule has 1 amide bonds. The predicted molar refractivity (Wildman–Crippen MR) is 108 cm³/mol. The third kappa shape index (κ3) is 5.88. The lowest BCUT2D eigenvalue weighted by atomic mass is 9.90. The standard InChI is InChI=1S/C21H23F3N4O2/c1-2-25-20(26-12-14-7-3-6-10-18(14)30-21(22,23)24)27-13-15-11-19(29)28-17-9-5-4-8-16(15)17/h3-10,15H,2,11-13H2,1H3,(H,28,29)(H2,25,26,27). The molecule has 0 saturated carbocycles. The minimum absolute atomic E-state index is 0.00330. The highest BCUT2D eigenvalue weighted by atomic mass is 19.4. The summed E-state index contributed by atoms with van der Waals surface area (Å²) in [7, 11) is 0. The maximum absolute atomic E-state index is 12.6. The third-order valence-electron chi connectivity index (χ3n) is 4.57. The Balaban J connectivity index is 1.70. The van der Waals surface area contributed by atoms with E-state index in [0.29, 0.717) is 31.0 Å². The molecule has 3 rings (SSSR count). The lowest BCUT2D eigenvalue weighted by Gasteiger charge is -2.26. The van der Waals surface area contributed by atoms with E-state index in [9.17, 15) is 18.0 Å². The van der Waals surface area contributed by atoms with Gasteiger partial charge in [0.05, 0.1) is 6.54 Å². The van der Waals surface area contributed by atoms with Crippen LogP contribution in [0.1, 0.15) is 30.4 Å². The highest BCUT2D eigenvalue weighted by Crippen LogP contribution is 2.31. The van der Waals surface area contributed by atoms with Gasteiger partial charge in [-0.3, -0.25) is 4.79 Å². The summed E-state index contributed by atoms with van der Waals surface area (Å²) in [5, 5.41) is 9.11. The van der Waals surface area contributed by atoms with E-state index < -0.39 is 6.36 Å². The molecule has 0 spiro atoms. The van der Waals surface area contributed by atoms with E-state index in [1.807, 2.05) is 31.2 Å². The summed E-state index contributed by atoms with van der Waals surface area (Å²) in [5.41, 5.74) is 2.14. The topological polar surface area (TPSA) is 74.8 Å². The average molecular weight is 420 g/mol. The number of fused-ring (bicyclic) bond motifs is 1. The fourth-order valence-corrected chi connectivity index (χ4v) is 3.27. The van der Waals surface area contributed by atoms with Gasteiger partial charge in [-0.15, -0.1) is 13.2 Å². The number of carbonyl (C=O) groups is 1. The van der Waals surface area contributed by atoms with Crippen molar-refractivity contribution in [2.24, 2.45) is 4.99 Å². The molecule has 160 valence electrons. The van der Waals surface area contributed by atoms with Crippen LogP contribution in [0.15, 0.2) is 53.5 Å². The third-order valence-corrected chi connectivity index (χ3v) is 4.57. The summed E-state index contributed by atoms with van der Waals surface area (Å²) < 4.78 is 41.9. The first-order valence-electron chi connectivity index (χ1n) is 9.60. The van der Waals surface area contributed by atoms with Crippen LogP contribution in [-0.2, 0) is 11.3 Å². The van der Waals surface area contributed by atoms with Gasteiger partial charge in [0.15, 0.2) is 5.96 Å². The van der Waals surface area contributed by atoms with Gasteiger partial charge in [0, 0.05) is 36.7 Å². The summed E-state index contributed by atoms with van der Waals surface area (Å²) in [4.78, 5) is 16.4. The number of rotatable bonds is 6. The number of nitrogens with zero attached hydrogens (tertiary/aromatic N) is 1. The van der Waals surface area contributed by atoms with Crippen LogP contribution in [-0.4, -0.2) is 31.3 Å². The van der Waals surface area contributed by atoms with Crippen LogP contribution in [0.4, 0.5) is 18.9 Å². The molecule has 0 fully saturated rings. The highest BCUT2D eigenvalue weighted by molar-refractivity contribution is 5.94. The molecule has 0 aliphatic carbocycles. The summed E-state index contributed by atoms with van der Waals surface area (Å²) >= 11 is 0. The number of nitrogens with one attached hydrogen (secondary N) is 3. The molecule has 0 aromatic heterocycles. The molecule has 6 nitrogen and oxygen atoms in total. The Morgan fingerprint density at radius 3 is 2.67 bits per heavy atom. The summed E-state index contributed by atoms with van der Waals surface area (Å²) in [6, 6.07) is 13.5. The van der Waals surface area contributed by atoms with Gasteiger partial charge in [0.25, 0.3) is 0 Å². The molecule has 2 aromatic rings. The monoisotopic (exact) mass is 420 g/mol. The zero-order valence-corrected chi connectivity index (χ0v) is 16.4. The van der Waals surface area contributed by atoms with Crippen molar-refractivity contribution in [1.29, 1.82) is 0 Å². The summed E-state index contributed by atoms with van der Waals surface area (Å²) in [5.74, 6) is 0.0746. The molecule has 3 N–H and O–H groups in total. The molecule has 9 heteroatoms. The molecular weight excluding hydrogens is 397 g/mol. The zero-order valence-electron chi connectivity index (χ0n) is 16.4. The van der Waals surface area contributed by atoms with Crippen LogP contribution in [0.2, 0.25) is 0 Å². The molecule has 0 saturated heterocycles. The number of guanidine groups is 1. The molecule has 1 unspecified atom stereocenters. The number of alkyl halides is 3. The average Bonchev–Trinajstić information content (AvgIpc) is 2.69. The van der Waals surface area contributed by atoms with Crippen molar-refractivity contribution in [3.8, 4) is 5.75 Å². The Morgan fingerprint density at radius 1 is 1.17 bits per heavy atom. The van der Waals surface area contributed by atoms with Crippen molar-refractivity contribution >= 4 is 17.6 Å². The number of halogens is 3. The Labute approximate surface area is 172 Å². The van der Waals surface area contributed by atoms with Gasteiger partial charge in [-0.05, 0) is 24.6 Å². The Kier molecular flexibility index (Phi) is 6.81. The van der Waals surface area contributed by atoms with Gasteiger partial charge in [-0.2, -0.15) is 0 Å². The minimum Gasteiger partial charge on any atom is -0.405 e. The summed E-state index contributed by atoms with van der Waals surface area (Å²) in [6.45, 7) is 2.93. The maximum Gasteiger partial charge on any atom is 0.573 e. The van der Waals surface area contributed by atoms with Crippen molar-refractivity contribution in [3.63, 3.8) is 0 Å². The Morgan fingerprint density at radius 2 is 1.90 bits per heavy atom. The van der Waals surface area contributed by atoms with Crippen molar-refractivity contribution in [2.45, 2.75) is 32.2 Å². The van der Waals surface area contributed by atoms with E-state index in [1.54, 1.807) is 6.07 Å². The van der Waals surface area contributed by atoms with Crippen molar-refractivity contribution < 1.29 is 22.7 Å². The number of anilines is 1. The normalized spacial score (nSPS) is 16.5. The first-order valence-corrected chi connectivity index (χ1v) is 9.60. The quantitative estimate of drug-likeness (QED) is 0.491. The predicted octanol–water partition coefficient (Wildman–Crippen LogP) is 3.77. The number of ether oxygens (including phenoxy) is 1. The van der Waals surface area contributed by atoms with Crippen LogP contribution in [0.5, 0.6) is 5.75 Å². The lowest BCUT2D eigenvalue weighted by molar-refractivity contribution is -0.274. The van der Waals surface area contributed by atoms with Crippen LogP contribution in [0.3, 0.4) is 0 Å². The SMILES string of the molecule is CCNC(=NCc1ccccc1OC(F)(F)F)NCC1CC(=O)Nc2ccccc21. The largest absolute Gasteiger partial charge is 0.573 e. The molecule has 1 aliphatic heterocycles. The van der Waals surface area contributed by atoms with E-state index >= 15 is 0 Å². The number of hydrogen-bond donors (Lipinski definition) is 3. The van der Waals surface area contributed by atoms with Gasteiger partial charge in [-0.25, -0.2) is 4.99 Å². The maximum atomic E-state index is 12.6. The molecule has 1 atom stereocenters. The number of amides is 1. The van der Waals surface area contributed by atoms with Crippen molar-refractivity contribution in [3.05, 3.63) is 59.7 Å². The van der Waals surface area contributed by atoms with Crippen LogP contribution >= 0.6 is 0 Å². The van der Waals surface area contributed by atoms with Crippen molar-refractivity contribution in [1.82, 2.24) is 10.6 Å². The molecular formula is C21H23F3N4O2. The number of carbonyl (C=O) groups excluding carboxylic acids is 1. The first kappa shape index (κ1) is 21.5. The van der Waals surface area contributed by atoms with E-state index in [2.05, 4.69) is 25.7 Å². The molecule has 1 aliphatic rings. The van der Waals surface area contributed by atoms with Crippen LogP contribution < -0.4 is 20.7 Å². The number of benzene rings is 2. The lowest BCUT2D eigenvalue weighted by Crippen LogP contribution is -2.40. The molecule has 30 heavy (non-hydrogen) atoms. The second kappa shape index (κ2) is 9.51. The van der Waals surface area contributed by atoms with Gasteiger partial charge in [0.2, 0.25) is 5.91 Å². The van der Waals surface area contributed by atoms with Gasteiger partial charge < -0.3 is 20.7 Å². The Bertz CT molecular complexity index is 915. The van der Waals surface area contributed by atoms with Gasteiger partial charge >= 0.3 is 6.36 Å². The van der Waals surface area contributed by atoms with E-state index in [-0.39, 0.29) is 24.1 Å². The first-order chi connectivity index (χ1) is 14.4.